The van der Waals surface area contributed by atoms with Crippen LogP contribution in [0.3, 0.4) is 0 Å². The van der Waals surface area contributed by atoms with Gasteiger partial charge in [0.2, 0.25) is 15.8 Å². The third-order valence-corrected chi connectivity index (χ3v) is 7.59. The van der Waals surface area contributed by atoms with E-state index < -0.39 is 22.6 Å². The number of anilines is 1. The lowest BCUT2D eigenvalue weighted by atomic mass is 10.1. The van der Waals surface area contributed by atoms with Crippen molar-refractivity contribution in [2.45, 2.75) is 23.8 Å². The van der Waals surface area contributed by atoms with Gasteiger partial charge in [0.15, 0.2) is 6.61 Å². The minimum atomic E-state index is -3.70. The van der Waals surface area contributed by atoms with Crippen LogP contribution in [-0.2, 0) is 27.7 Å². The maximum absolute atomic E-state index is 12.9. The highest BCUT2D eigenvalue weighted by molar-refractivity contribution is 7.89. The van der Waals surface area contributed by atoms with Crippen LogP contribution in [0.1, 0.15) is 21.5 Å². The van der Waals surface area contributed by atoms with E-state index in [0.717, 1.165) is 11.1 Å². The summed E-state index contributed by atoms with van der Waals surface area (Å²) in [6.07, 6.45) is 1.32. The molecular formula is C27H26N2O6S. The summed E-state index contributed by atoms with van der Waals surface area (Å²) in [5.74, 6) is -1.09. The van der Waals surface area contributed by atoms with Gasteiger partial charge in [0, 0.05) is 24.3 Å². The van der Waals surface area contributed by atoms with Gasteiger partial charge in [0.25, 0.3) is 0 Å². The molecule has 0 heterocycles. The van der Waals surface area contributed by atoms with E-state index >= 15 is 0 Å². The second kappa shape index (κ2) is 10.3. The van der Waals surface area contributed by atoms with Gasteiger partial charge in [-0.3, -0.25) is 4.79 Å². The van der Waals surface area contributed by atoms with E-state index in [9.17, 15) is 18.0 Å². The number of sulfonamides is 1. The summed E-state index contributed by atoms with van der Waals surface area (Å²) in [7, 11) is -2.04. The molecule has 0 radical (unpaired) electrons. The fourth-order valence-corrected chi connectivity index (χ4v) is 5.34. The monoisotopic (exact) mass is 506 g/mol. The van der Waals surface area contributed by atoms with E-state index in [1.165, 1.54) is 36.4 Å². The van der Waals surface area contributed by atoms with Crippen molar-refractivity contribution in [1.29, 1.82) is 0 Å². The lowest BCUT2D eigenvalue weighted by Gasteiger charge is -2.21. The van der Waals surface area contributed by atoms with Crippen molar-refractivity contribution >= 4 is 27.5 Å². The summed E-state index contributed by atoms with van der Waals surface area (Å²) in [4.78, 5) is 25.2. The van der Waals surface area contributed by atoms with Gasteiger partial charge in [-0.25, -0.2) is 17.9 Å². The molecule has 0 saturated carbocycles. The normalized spacial score (nSPS) is 13.1. The van der Waals surface area contributed by atoms with Gasteiger partial charge in [0.1, 0.15) is 5.75 Å². The molecule has 0 atom stereocenters. The van der Waals surface area contributed by atoms with E-state index in [4.69, 9.17) is 9.84 Å². The van der Waals surface area contributed by atoms with Crippen LogP contribution in [0.15, 0.2) is 90.0 Å². The molecule has 0 amide bonds. The Morgan fingerprint density at radius 1 is 1.00 bits per heavy atom. The smallest absolute Gasteiger partial charge is 0.341 e. The molecule has 36 heavy (non-hydrogen) atoms. The standard InChI is InChI=1S/C27H26N2O6S/c1-18(27(32)19-7-11-24(12-8-19)35-17-26(30)31)29(2)23-9-13-25(14-10-23)36(33,34)28-22-15-20-5-3-4-6-21(20)16-22/h3-14,22,28H,1,15-17H2,2H3,(H,30,31). The molecule has 0 saturated heterocycles. The summed E-state index contributed by atoms with van der Waals surface area (Å²) in [6, 6.07) is 20.1. The van der Waals surface area contributed by atoms with Gasteiger partial charge in [-0.1, -0.05) is 30.8 Å². The summed E-state index contributed by atoms with van der Waals surface area (Å²) < 4.78 is 33.7. The van der Waals surface area contributed by atoms with Crippen LogP contribution < -0.4 is 14.4 Å². The summed E-state index contributed by atoms with van der Waals surface area (Å²) in [6.45, 7) is 3.41. The molecule has 4 rings (SSSR count). The van der Waals surface area contributed by atoms with Crippen LogP contribution in [0.2, 0.25) is 0 Å². The summed E-state index contributed by atoms with van der Waals surface area (Å²) in [5, 5.41) is 8.69. The number of ketones is 1. The van der Waals surface area contributed by atoms with Crippen LogP contribution in [0.5, 0.6) is 5.75 Å². The molecule has 0 bridgehead atoms. The van der Waals surface area contributed by atoms with E-state index in [-0.39, 0.29) is 22.4 Å². The van der Waals surface area contributed by atoms with Gasteiger partial charge >= 0.3 is 5.97 Å². The molecule has 186 valence electrons. The maximum Gasteiger partial charge on any atom is 0.341 e. The molecule has 2 N–H and O–H groups in total. The molecule has 0 unspecified atom stereocenters. The average Bonchev–Trinajstić information content (AvgIpc) is 3.28. The number of carbonyl (C=O) groups is 2. The number of nitrogens with one attached hydrogen (secondary N) is 1. The lowest BCUT2D eigenvalue weighted by molar-refractivity contribution is -0.139. The number of carbonyl (C=O) groups excluding carboxylic acids is 1. The van der Waals surface area contributed by atoms with Crippen molar-refractivity contribution in [3.63, 3.8) is 0 Å². The Morgan fingerprint density at radius 3 is 2.14 bits per heavy atom. The highest BCUT2D eigenvalue weighted by Gasteiger charge is 2.26. The molecule has 0 fully saturated rings. The number of carboxylic acids is 1. The summed E-state index contributed by atoms with van der Waals surface area (Å²) in [5.41, 5.74) is 3.46. The first-order valence-corrected chi connectivity index (χ1v) is 12.7. The predicted molar refractivity (Wildman–Crippen MR) is 136 cm³/mol. The maximum atomic E-state index is 12.9. The highest BCUT2D eigenvalue weighted by Crippen LogP contribution is 2.25. The Balaban J connectivity index is 1.39. The lowest BCUT2D eigenvalue weighted by Crippen LogP contribution is -2.35. The third kappa shape index (κ3) is 5.64. The number of allylic oxidation sites excluding steroid dienone is 1. The van der Waals surface area contributed by atoms with Crippen LogP contribution >= 0.6 is 0 Å². The SMILES string of the molecule is C=C(C(=O)c1ccc(OCC(=O)O)cc1)N(C)c1ccc(S(=O)(=O)NC2Cc3ccccc3C2)cc1. The predicted octanol–water partition coefficient (Wildman–Crippen LogP) is 3.43. The molecule has 1 aliphatic rings. The van der Waals surface area contributed by atoms with Crippen LogP contribution in [0, 0.1) is 0 Å². The fraction of sp³-hybridized carbons (Fsp3) is 0.185. The number of fused-ring (bicyclic) bond motifs is 1. The minimum Gasteiger partial charge on any atom is -0.482 e. The number of nitrogens with zero attached hydrogens (tertiary/aromatic N) is 1. The van der Waals surface area contributed by atoms with Gasteiger partial charge in [-0.05, 0) is 72.5 Å². The Labute approximate surface area is 209 Å². The topological polar surface area (TPSA) is 113 Å². The summed E-state index contributed by atoms with van der Waals surface area (Å²) >= 11 is 0. The number of aliphatic carboxylic acids is 1. The molecule has 9 heteroatoms. The number of rotatable bonds is 10. The van der Waals surface area contributed by atoms with Gasteiger partial charge < -0.3 is 14.7 Å². The van der Waals surface area contributed by atoms with Crippen molar-refractivity contribution in [2.24, 2.45) is 0 Å². The number of benzene rings is 3. The molecule has 3 aromatic carbocycles. The average molecular weight is 507 g/mol. The molecular weight excluding hydrogens is 480 g/mol. The van der Waals surface area contributed by atoms with Crippen molar-refractivity contribution in [1.82, 2.24) is 4.72 Å². The molecule has 1 aliphatic carbocycles. The van der Waals surface area contributed by atoms with E-state index in [1.54, 1.807) is 24.1 Å². The zero-order valence-corrected chi connectivity index (χ0v) is 20.5. The van der Waals surface area contributed by atoms with Crippen molar-refractivity contribution in [2.75, 3.05) is 18.6 Å². The van der Waals surface area contributed by atoms with Gasteiger partial charge in [-0.15, -0.1) is 0 Å². The number of hydrogen-bond acceptors (Lipinski definition) is 6. The Morgan fingerprint density at radius 2 is 1.58 bits per heavy atom. The fourth-order valence-electron chi connectivity index (χ4n) is 4.10. The third-order valence-electron chi connectivity index (χ3n) is 6.05. The molecule has 8 nitrogen and oxygen atoms in total. The van der Waals surface area contributed by atoms with E-state index in [0.29, 0.717) is 29.8 Å². The number of ether oxygens (including phenoxy) is 1. The first kappa shape index (κ1) is 25.2. The minimum absolute atomic E-state index is 0.143. The molecule has 0 aromatic heterocycles. The van der Waals surface area contributed by atoms with Crippen molar-refractivity contribution < 1.29 is 27.9 Å². The van der Waals surface area contributed by atoms with Crippen LogP contribution in [-0.4, -0.2) is 45.0 Å². The first-order valence-electron chi connectivity index (χ1n) is 11.3. The number of hydrogen-bond donors (Lipinski definition) is 2. The van der Waals surface area contributed by atoms with Crippen LogP contribution in [0.25, 0.3) is 0 Å². The number of carboxylic acid groups (broad SMARTS) is 1. The Hall–Kier alpha value is -3.95. The zero-order valence-electron chi connectivity index (χ0n) is 19.7. The second-order valence-electron chi connectivity index (χ2n) is 8.53. The highest BCUT2D eigenvalue weighted by atomic mass is 32.2. The zero-order chi connectivity index (χ0) is 25.9. The first-order chi connectivity index (χ1) is 17.1. The van der Waals surface area contributed by atoms with Crippen molar-refractivity contribution in [3.05, 3.63) is 102 Å². The van der Waals surface area contributed by atoms with E-state index in [1.807, 2.05) is 24.3 Å². The van der Waals surface area contributed by atoms with Gasteiger partial charge in [0.05, 0.1) is 10.6 Å². The largest absolute Gasteiger partial charge is 0.482 e. The molecule has 3 aromatic rings. The quantitative estimate of drug-likeness (QED) is 0.320. The molecule has 0 spiro atoms. The van der Waals surface area contributed by atoms with Crippen molar-refractivity contribution in [3.8, 4) is 5.75 Å². The Kier molecular flexibility index (Phi) is 7.23. The Bertz CT molecular complexity index is 1370. The number of likely N-dealkylation sites (N-methyl/N-ethyl adjacent to an activating group) is 1. The van der Waals surface area contributed by atoms with Crippen LogP contribution in [0.4, 0.5) is 5.69 Å². The molecule has 0 aliphatic heterocycles. The number of Topliss-reactive ketones (excluding diaryl/α,β-unsaturated/α-hetero) is 1. The van der Waals surface area contributed by atoms with E-state index in [2.05, 4.69) is 11.3 Å². The second-order valence-corrected chi connectivity index (χ2v) is 10.2. The van der Waals surface area contributed by atoms with Gasteiger partial charge in [-0.2, -0.15) is 0 Å².